The molecule has 0 aliphatic rings. The zero-order chi connectivity index (χ0) is 20.0. The van der Waals surface area contributed by atoms with Gasteiger partial charge < -0.3 is 10.1 Å². The molecule has 1 aromatic heterocycles. The summed E-state index contributed by atoms with van der Waals surface area (Å²) in [5, 5.41) is 18.0. The minimum absolute atomic E-state index is 0.0205. The molecule has 27 heavy (non-hydrogen) atoms. The molecule has 0 radical (unpaired) electrons. The molecule has 146 valence electrons. The number of carbonyl (C=O) groups excluding carboxylic acids is 2. The summed E-state index contributed by atoms with van der Waals surface area (Å²) in [6.07, 6.45) is -0.632. The van der Waals surface area contributed by atoms with E-state index in [9.17, 15) is 18.0 Å². The van der Waals surface area contributed by atoms with Crippen LogP contribution in [0.5, 0.6) is 0 Å². The first-order chi connectivity index (χ1) is 12.7. The van der Waals surface area contributed by atoms with Crippen LogP contribution >= 0.6 is 23.1 Å². The van der Waals surface area contributed by atoms with Crippen LogP contribution < -0.4 is 15.8 Å². The normalized spacial score (nSPS) is 11.1. The van der Waals surface area contributed by atoms with Crippen LogP contribution in [-0.2, 0) is 19.6 Å². The second kappa shape index (κ2) is 9.12. The summed E-state index contributed by atoms with van der Waals surface area (Å²) in [7, 11) is -3.88. The maximum Gasteiger partial charge on any atom is 0.413 e. The van der Waals surface area contributed by atoms with E-state index in [1.807, 2.05) is 0 Å². The van der Waals surface area contributed by atoms with Gasteiger partial charge in [-0.2, -0.15) is 0 Å². The van der Waals surface area contributed by atoms with Crippen LogP contribution in [0.25, 0.3) is 0 Å². The van der Waals surface area contributed by atoms with Gasteiger partial charge in [-0.25, -0.2) is 18.4 Å². The zero-order valence-electron chi connectivity index (χ0n) is 14.4. The summed E-state index contributed by atoms with van der Waals surface area (Å²) in [4.78, 5) is 23.3. The highest BCUT2D eigenvalue weighted by Gasteiger charge is 2.14. The fourth-order valence-corrected chi connectivity index (χ4v) is 4.23. The molecular formula is C14H17N5O5S3. The molecule has 0 saturated carbocycles. The van der Waals surface area contributed by atoms with Crippen LogP contribution in [0.2, 0.25) is 0 Å². The van der Waals surface area contributed by atoms with Crippen molar-refractivity contribution < 1.29 is 22.7 Å². The Morgan fingerprint density at radius 2 is 2.04 bits per heavy atom. The Kier molecular flexibility index (Phi) is 7.12. The SMILES string of the molecule is CCOC(=O)Nc1nnc(SCC(=O)Nc2ccc(C)c(S(N)(=O)=O)c2)s1. The number of hydrogen-bond donors (Lipinski definition) is 3. The van der Waals surface area contributed by atoms with Gasteiger partial charge in [0.2, 0.25) is 21.1 Å². The van der Waals surface area contributed by atoms with Crippen LogP contribution in [0.3, 0.4) is 0 Å². The number of aryl methyl sites for hydroxylation is 1. The first-order valence-corrected chi connectivity index (χ1v) is 10.9. The average Bonchev–Trinajstić information content (AvgIpc) is 3.01. The molecule has 1 aromatic carbocycles. The highest BCUT2D eigenvalue weighted by atomic mass is 32.2. The maximum atomic E-state index is 12.1. The topological polar surface area (TPSA) is 153 Å². The number of carbonyl (C=O) groups is 2. The lowest BCUT2D eigenvalue weighted by Crippen LogP contribution is -2.17. The van der Waals surface area contributed by atoms with Gasteiger partial charge in [0.15, 0.2) is 4.34 Å². The van der Waals surface area contributed by atoms with Crippen molar-refractivity contribution in [2.24, 2.45) is 5.14 Å². The maximum absolute atomic E-state index is 12.1. The van der Waals surface area contributed by atoms with E-state index in [4.69, 9.17) is 9.88 Å². The van der Waals surface area contributed by atoms with E-state index in [0.29, 0.717) is 15.6 Å². The quantitative estimate of drug-likeness (QED) is 0.443. The van der Waals surface area contributed by atoms with E-state index in [-0.39, 0.29) is 28.3 Å². The second-order valence-corrected chi connectivity index (χ2v) is 8.81. The van der Waals surface area contributed by atoms with Gasteiger partial charge in [-0.05, 0) is 31.5 Å². The number of rotatable bonds is 7. The zero-order valence-corrected chi connectivity index (χ0v) is 16.8. The van der Waals surface area contributed by atoms with Crippen molar-refractivity contribution in [1.29, 1.82) is 0 Å². The van der Waals surface area contributed by atoms with Gasteiger partial charge in [0.1, 0.15) is 0 Å². The lowest BCUT2D eigenvalue weighted by Gasteiger charge is -2.08. The molecule has 2 amide bonds. The largest absolute Gasteiger partial charge is 0.450 e. The van der Waals surface area contributed by atoms with E-state index in [2.05, 4.69) is 20.8 Å². The lowest BCUT2D eigenvalue weighted by molar-refractivity contribution is -0.113. The summed E-state index contributed by atoms with van der Waals surface area (Å²) >= 11 is 2.22. The smallest absolute Gasteiger partial charge is 0.413 e. The van der Waals surface area contributed by atoms with E-state index in [1.54, 1.807) is 26.0 Å². The molecule has 0 aliphatic carbocycles. The van der Waals surface area contributed by atoms with E-state index >= 15 is 0 Å². The third kappa shape index (κ3) is 6.46. The van der Waals surface area contributed by atoms with Gasteiger partial charge in [0.05, 0.1) is 17.3 Å². The number of ether oxygens (including phenoxy) is 1. The molecule has 13 heteroatoms. The van der Waals surface area contributed by atoms with Gasteiger partial charge in [-0.1, -0.05) is 29.2 Å². The molecule has 0 fully saturated rings. The molecule has 0 spiro atoms. The Morgan fingerprint density at radius 1 is 1.30 bits per heavy atom. The van der Waals surface area contributed by atoms with Crippen molar-refractivity contribution in [3.05, 3.63) is 23.8 Å². The van der Waals surface area contributed by atoms with Crippen LogP contribution in [-0.4, -0.2) is 43.0 Å². The molecule has 10 nitrogen and oxygen atoms in total. The summed E-state index contributed by atoms with van der Waals surface area (Å²) in [5.74, 6) is -0.341. The molecule has 0 atom stereocenters. The number of benzene rings is 1. The highest BCUT2D eigenvalue weighted by molar-refractivity contribution is 8.01. The van der Waals surface area contributed by atoms with Crippen molar-refractivity contribution >= 4 is 55.9 Å². The fourth-order valence-electron chi connectivity index (χ4n) is 1.88. The Hall–Kier alpha value is -2.22. The highest BCUT2D eigenvalue weighted by Crippen LogP contribution is 2.26. The second-order valence-electron chi connectivity index (χ2n) is 5.08. The van der Waals surface area contributed by atoms with Gasteiger partial charge in [0, 0.05) is 5.69 Å². The number of amides is 2. The molecule has 0 unspecified atom stereocenters. The Morgan fingerprint density at radius 3 is 2.70 bits per heavy atom. The summed E-state index contributed by atoms with van der Waals surface area (Å²) in [6, 6.07) is 4.44. The van der Waals surface area contributed by atoms with Crippen molar-refractivity contribution in [2.75, 3.05) is 23.0 Å². The van der Waals surface area contributed by atoms with Gasteiger partial charge in [0.25, 0.3) is 0 Å². The number of hydrogen-bond acceptors (Lipinski definition) is 9. The van der Waals surface area contributed by atoms with Crippen LogP contribution in [0.1, 0.15) is 12.5 Å². The fraction of sp³-hybridized carbons (Fsp3) is 0.286. The molecular weight excluding hydrogens is 414 g/mol. The van der Waals surface area contributed by atoms with Crippen LogP contribution in [0.15, 0.2) is 27.4 Å². The summed E-state index contributed by atoms with van der Waals surface area (Å²) < 4.78 is 28.3. The van der Waals surface area contributed by atoms with Crippen molar-refractivity contribution in [3.8, 4) is 0 Å². The van der Waals surface area contributed by atoms with Crippen molar-refractivity contribution in [3.63, 3.8) is 0 Å². The minimum Gasteiger partial charge on any atom is -0.450 e. The number of nitrogens with one attached hydrogen (secondary N) is 2. The minimum atomic E-state index is -3.88. The number of thioether (sulfide) groups is 1. The number of nitrogens with zero attached hydrogens (tertiary/aromatic N) is 2. The molecule has 0 bridgehead atoms. The van der Waals surface area contributed by atoms with Crippen LogP contribution in [0, 0.1) is 6.92 Å². The number of sulfonamides is 1. The first kappa shape index (κ1) is 21.1. The molecule has 2 aromatic rings. The average molecular weight is 432 g/mol. The van der Waals surface area contributed by atoms with Gasteiger partial charge in [-0.3, -0.25) is 10.1 Å². The monoisotopic (exact) mass is 431 g/mol. The number of primary sulfonamides is 1. The third-order valence-corrected chi connectivity index (χ3v) is 6.02. The predicted molar refractivity (Wildman–Crippen MR) is 102 cm³/mol. The van der Waals surface area contributed by atoms with E-state index in [0.717, 1.165) is 23.1 Å². The third-order valence-electron chi connectivity index (χ3n) is 3.00. The Bertz CT molecular complexity index is 944. The summed E-state index contributed by atoms with van der Waals surface area (Å²) in [5.41, 5.74) is 0.803. The van der Waals surface area contributed by atoms with E-state index < -0.39 is 16.1 Å². The van der Waals surface area contributed by atoms with Gasteiger partial charge in [-0.15, -0.1) is 10.2 Å². The molecule has 4 N–H and O–H groups in total. The number of anilines is 2. The van der Waals surface area contributed by atoms with Crippen molar-refractivity contribution in [2.45, 2.75) is 23.1 Å². The number of nitrogens with two attached hydrogens (primary N) is 1. The van der Waals surface area contributed by atoms with E-state index in [1.165, 1.54) is 6.07 Å². The van der Waals surface area contributed by atoms with Gasteiger partial charge >= 0.3 is 6.09 Å². The number of aromatic nitrogens is 2. The first-order valence-electron chi connectivity index (χ1n) is 7.52. The Labute approximate surface area is 163 Å². The standard InChI is InChI=1S/C14H17N5O5S3/c1-3-24-13(21)17-12-18-19-14(26-12)25-7-11(20)16-9-5-4-8(2)10(6-9)27(15,22)23/h4-6H,3,7H2,1-2H3,(H,16,20)(H2,15,22,23)(H,17,18,21). The Balaban J connectivity index is 1.92. The molecule has 1 heterocycles. The lowest BCUT2D eigenvalue weighted by atomic mass is 10.2. The molecule has 0 aliphatic heterocycles. The predicted octanol–water partition coefficient (Wildman–Crippen LogP) is 1.79. The molecule has 2 rings (SSSR count). The molecule has 0 saturated heterocycles. The van der Waals surface area contributed by atoms with Crippen molar-refractivity contribution in [1.82, 2.24) is 10.2 Å². The van der Waals surface area contributed by atoms with Crippen LogP contribution in [0.4, 0.5) is 15.6 Å². The summed E-state index contributed by atoms with van der Waals surface area (Å²) in [6.45, 7) is 3.52.